The van der Waals surface area contributed by atoms with E-state index in [1.54, 1.807) is 0 Å². The molecule has 1 fully saturated rings. The van der Waals surface area contributed by atoms with Crippen molar-refractivity contribution in [3.05, 3.63) is 6.54 Å². The molecule has 1 aliphatic rings. The molecule has 1 N–H and O–H groups in total. The van der Waals surface area contributed by atoms with Crippen LogP contribution < -0.4 is 5.32 Å². The van der Waals surface area contributed by atoms with Gasteiger partial charge in [0.05, 0.1) is 25.6 Å². The van der Waals surface area contributed by atoms with E-state index in [4.69, 9.17) is 4.74 Å². The van der Waals surface area contributed by atoms with Crippen molar-refractivity contribution in [3.8, 4) is 0 Å². The average molecular weight is 432 g/mol. The first-order valence-corrected chi connectivity index (χ1v) is 9.63. The van der Waals surface area contributed by atoms with E-state index in [-0.39, 0.29) is 6.10 Å². The number of hydrogen-bond donors (Lipinski definition) is 1. The van der Waals surface area contributed by atoms with Gasteiger partial charge in [0.25, 0.3) is 0 Å². The fraction of sp³-hybridized carbons (Fsp3) is 0.857. The van der Waals surface area contributed by atoms with E-state index >= 15 is 0 Å². The standard InChI is InChI=1S/C7H14N2O.2F6P/c1-9(2)6-7-5-8-3-4-10-7;2*1-7(2,3,4,5)6/h7-8H,3-5H2,1-2H3;;/q+2;2*-1. The van der Waals surface area contributed by atoms with Crippen molar-refractivity contribution < 1.29 is 55.1 Å². The summed E-state index contributed by atoms with van der Waals surface area (Å²) in [5, 5.41) is 3.23. The van der Waals surface area contributed by atoms with Crippen LogP contribution in [-0.2, 0) is 4.74 Å². The third kappa shape index (κ3) is 68.0. The van der Waals surface area contributed by atoms with Crippen LogP contribution in [0.3, 0.4) is 0 Å². The Morgan fingerprint density at radius 3 is 1.38 bits per heavy atom. The fourth-order valence-corrected chi connectivity index (χ4v) is 0.936. The molecule has 1 rings (SSSR count). The zero-order chi connectivity index (χ0) is 20.2. The van der Waals surface area contributed by atoms with Gasteiger partial charge >= 0.3 is 78.6 Å². The quantitative estimate of drug-likeness (QED) is 0.313. The summed E-state index contributed by atoms with van der Waals surface area (Å²) < 4.78 is 124. The van der Waals surface area contributed by atoms with Gasteiger partial charge in [-0.2, -0.15) is 0 Å². The van der Waals surface area contributed by atoms with Crippen LogP contribution in [-0.4, -0.2) is 44.8 Å². The minimum absolute atomic E-state index is 0.142. The van der Waals surface area contributed by atoms with Crippen molar-refractivity contribution in [1.82, 2.24) is 10.2 Å². The van der Waals surface area contributed by atoms with Gasteiger partial charge in [-0.15, -0.1) is 0 Å². The number of likely N-dealkylation sites (N-methyl/N-ethyl adjacent to an activating group) is 1. The van der Waals surface area contributed by atoms with E-state index in [0.717, 1.165) is 19.7 Å². The monoisotopic (exact) mass is 432 g/mol. The summed E-state index contributed by atoms with van der Waals surface area (Å²) in [4.78, 5) is 1.90. The number of halogens is 12. The summed E-state index contributed by atoms with van der Waals surface area (Å²) in [7, 11) is -17.4. The van der Waals surface area contributed by atoms with Crippen LogP contribution in [0.1, 0.15) is 0 Å². The molecule has 152 valence electrons. The van der Waals surface area contributed by atoms with E-state index in [0.29, 0.717) is 0 Å². The molecule has 1 unspecified atom stereocenters. The molecular weight excluding hydrogens is 418 g/mol. The first-order chi connectivity index (χ1) is 9.69. The molecule has 3 nitrogen and oxygen atoms in total. The molecule has 0 aromatic heterocycles. The van der Waals surface area contributed by atoms with E-state index in [1.165, 1.54) is 0 Å². The molecule has 1 atom stereocenters. The van der Waals surface area contributed by atoms with Crippen LogP contribution >= 0.6 is 15.6 Å². The third-order valence-corrected chi connectivity index (χ3v) is 1.33. The molecule has 0 aromatic carbocycles. The van der Waals surface area contributed by atoms with Crippen LogP contribution in [0, 0.1) is 6.54 Å². The molecule has 1 heterocycles. The molecule has 0 aromatic rings. The molecular formula is C7H14F12N2OP2. The van der Waals surface area contributed by atoms with Crippen LogP contribution in [0.4, 0.5) is 50.4 Å². The second-order valence-corrected chi connectivity index (χ2v) is 8.34. The summed E-state index contributed by atoms with van der Waals surface area (Å²) in [6.07, 6.45) is 0.142. The second kappa shape index (κ2) is 6.14. The Hall–Kier alpha value is -0.320. The number of nitrogens with one attached hydrogen (secondary N) is 1. The fourth-order valence-electron chi connectivity index (χ4n) is 0.936. The topological polar surface area (TPSA) is 24.5 Å². The van der Waals surface area contributed by atoms with E-state index in [9.17, 15) is 50.4 Å². The van der Waals surface area contributed by atoms with Crippen molar-refractivity contribution in [2.75, 3.05) is 33.8 Å². The molecule has 1 saturated heterocycles. The number of ether oxygens (including phenoxy) is 1. The van der Waals surface area contributed by atoms with Crippen molar-refractivity contribution in [3.63, 3.8) is 0 Å². The molecule has 0 saturated carbocycles. The van der Waals surface area contributed by atoms with Gasteiger partial charge in [-0.25, -0.2) is 0 Å². The van der Waals surface area contributed by atoms with Gasteiger partial charge in [0.15, 0.2) is 0 Å². The first kappa shape index (κ1) is 25.9. The van der Waals surface area contributed by atoms with Crippen molar-refractivity contribution in [1.29, 1.82) is 0 Å². The molecule has 0 spiro atoms. The Bertz CT molecular complexity index is 341. The molecule has 0 radical (unpaired) electrons. The Kier molecular flexibility index (Phi) is 6.63. The first-order valence-electron chi connectivity index (χ1n) is 5.57. The zero-order valence-corrected chi connectivity index (χ0v) is 13.8. The van der Waals surface area contributed by atoms with E-state index < -0.39 is 15.6 Å². The second-order valence-electron chi connectivity index (χ2n) is 4.50. The Labute approximate surface area is 128 Å². The molecule has 0 aliphatic carbocycles. The van der Waals surface area contributed by atoms with Crippen molar-refractivity contribution in [2.24, 2.45) is 0 Å². The minimum atomic E-state index is -10.7. The normalized spacial score (nSPS) is 24.5. The van der Waals surface area contributed by atoms with Crippen LogP contribution in [0.5, 0.6) is 0 Å². The zero-order valence-electron chi connectivity index (χ0n) is 12.0. The number of morpholine rings is 1. The SMILES string of the molecule is CN(C)[C+2]C1CNCCO1.F[P-](F)(F)(F)(F)F.F[P-](F)(F)(F)(F)F. The molecule has 1 aliphatic heterocycles. The maximum absolute atomic E-state index is 10.7. The van der Waals surface area contributed by atoms with Gasteiger partial charge < -0.3 is 5.32 Å². The number of rotatable bonds is 2. The summed E-state index contributed by atoms with van der Waals surface area (Å²) in [5.74, 6) is 0. The molecule has 24 heavy (non-hydrogen) atoms. The predicted octanol–water partition coefficient (Wildman–Crippen LogP) is 6.34. The Morgan fingerprint density at radius 1 is 0.833 bits per heavy atom. The van der Waals surface area contributed by atoms with Gasteiger partial charge in [-0.1, -0.05) is 0 Å². The maximum atomic E-state index is 9.87. The molecule has 0 amide bonds. The average Bonchev–Trinajstić information content (AvgIpc) is 2.07. The van der Waals surface area contributed by atoms with Gasteiger partial charge in [0.2, 0.25) is 0 Å². The Balaban J connectivity index is 0. The van der Waals surface area contributed by atoms with Crippen molar-refractivity contribution >= 4 is 15.6 Å². The van der Waals surface area contributed by atoms with Gasteiger partial charge in [0, 0.05) is 6.54 Å². The van der Waals surface area contributed by atoms with Gasteiger partial charge in [0.1, 0.15) is 6.54 Å². The summed E-state index contributed by atoms with van der Waals surface area (Å²) in [6.45, 7) is 5.78. The summed E-state index contributed by atoms with van der Waals surface area (Å²) in [6, 6.07) is 0. The molecule has 17 heteroatoms. The third-order valence-electron chi connectivity index (χ3n) is 1.33. The van der Waals surface area contributed by atoms with Crippen LogP contribution in [0.25, 0.3) is 0 Å². The molecule has 0 bridgehead atoms. The van der Waals surface area contributed by atoms with Gasteiger partial charge in [-0.3, -0.25) is 4.74 Å². The summed E-state index contributed by atoms with van der Waals surface area (Å²) >= 11 is 0. The van der Waals surface area contributed by atoms with E-state index in [1.807, 2.05) is 19.0 Å². The van der Waals surface area contributed by atoms with Crippen LogP contribution in [0.2, 0.25) is 0 Å². The van der Waals surface area contributed by atoms with E-state index in [2.05, 4.69) is 11.9 Å². The predicted molar refractivity (Wildman–Crippen MR) is 66.7 cm³/mol. The van der Waals surface area contributed by atoms with Crippen molar-refractivity contribution in [2.45, 2.75) is 6.10 Å². The van der Waals surface area contributed by atoms with Gasteiger partial charge in [-0.05, 0) is 0 Å². The Morgan fingerprint density at radius 2 is 1.17 bits per heavy atom. The summed E-state index contributed by atoms with van der Waals surface area (Å²) in [5.41, 5.74) is 0. The number of nitrogens with zero attached hydrogens (tertiary/aromatic N) is 1. The number of hydrogen-bond acceptors (Lipinski definition) is 3. The van der Waals surface area contributed by atoms with Crippen LogP contribution in [0.15, 0.2) is 0 Å².